The van der Waals surface area contributed by atoms with Crippen LogP contribution in [0.1, 0.15) is 24.1 Å². The molecule has 4 heteroatoms. The Morgan fingerprint density at radius 3 is 2.88 bits per heavy atom. The quantitative estimate of drug-likeness (QED) is 0.823. The Hall–Kier alpha value is -1.60. The topological polar surface area (TPSA) is 60.2 Å². The molecule has 1 aromatic rings. The maximum absolute atomic E-state index is 9.04. The van der Waals surface area contributed by atoms with Crippen molar-refractivity contribution >= 4 is 5.82 Å². The summed E-state index contributed by atoms with van der Waals surface area (Å²) in [5.74, 6) is 0.813. The van der Waals surface area contributed by atoms with E-state index in [-0.39, 0.29) is 6.61 Å². The second-order valence-corrected chi connectivity index (χ2v) is 4.12. The Bertz CT molecular complexity index is 421. The minimum Gasteiger partial charge on any atom is -0.395 e. The number of pyridine rings is 1. The van der Waals surface area contributed by atoms with Gasteiger partial charge in [-0.05, 0) is 31.9 Å². The van der Waals surface area contributed by atoms with Crippen LogP contribution < -0.4 is 4.90 Å². The molecule has 16 heavy (non-hydrogen) atoms. The van der Waals surface area contributed by atoms with E-state index in [2.05, 4.69) is 16.0 Å². The largest absolute Gasteiger partial charge is 0.395 e. The molecule has 1 N–H and O–H groups in total. The molecule has 84 valence electrons. The molecular formula is C12H15N3O. The first kappa shape index (κ1) is 10.9. The van der Waals surface area contributed by atoms with E-state index in [9.17, 15) is 0 Å². The summed E-state index contributed by atoms with van der Waals surface area (Å²) in [7, 11) is 0. The van der Waals surface area contributed by atoms with Crippen LogP contribution >= 0.6 is 0 Å². The third-order valence-corrected chi connectivity index (χ3v) is 2.69. The van der Waals surface area contributed by atoms with Crippen LogP contribution in [0.25, 0.3) is 0 Å². The van der Waals surface area contributed by atoms with Gasteiger partial charge in [-0.1, -0.05) is 0 Å². The van der Waals surface area contributed by atoms with Crippen molar-refractivity contribution in [2.45, 2.75) is 25.8 Å². The third kappa shape index (κ3) is 2.31. The van der Waals surface area contributed by atoms with Crippen LogP contribution in [0.2, 0.25) is 0 Å². The molecule has 0 amide bonds. The summed E-state index contributed by atoms with van der Waals surface area (Å²) < 4.78 is 0. The minimum absolute atomic E-state index is 0.119. The van der Waals surface area contributed by atoms with Gasteiger partial charge in [0.05, 0.1) is 18.2 Å². The molecule has 0 aliphatic heterocycles. The lowest BCUT2D eigenvalue weighted by atomic mass is 10.2. The van der Waals surface area contributed by atoms with Gasteiger partial charge in [-0.2, -0.15) is 5.26 Å². The second-order valence-electron chi connectivity index (χ2n) is 4.12. The highest BCUT2D eigenvalue weighted by Crippen LogP contribution is 2.30. The Morgan fingerprint density at radius 2 is 2.31 bits per heavy atom. The summed E-state index contributed by atoms with van der Waals surface area (Å²) >= 11 is 0. The number of aliphatic hydroxyl groups excluding tert-OH is 1. The fourth-order valence-electron chi connectivity index (χ4n) is 1.84. The number of hydrogen-bond donors (Lipinski definition) is 1. The molecule has 1 heterocycles. The van der Waals surface area contributed by atoms with Crippen molar-refractivity contribution in [1.29, 1.82) is 5.26 Å². The first-order valence-corrected chi connectivity index (χ1v) is 5.51. The molecule has 0 bridgehead atoms. The standard InChI is InChI=1S/C12H15N3O/c1-9-6-10(8-13)7-12(14-9)15(4-5-16)11-2-3-11/h6-7,11,16H,2-5H2,1H3. The van der Waals surface area contributed by atoms with E-state index in [1.165, 1.54) is 0 Å². The molecule has 1 aliphatic rings. The van der Waals surface area contributed by atoms with Crippen LogP contribution in [0.15, 0.2) is 12.1 Å². The SMILES string of the molecule is Cc1cc(C#N)cc(N(CCO)C2CC2)n1. The van der Waals surface area contributed by atoms with Gasteiger partial charge in [-0.25, -0.2) is 4.98 Å². The van der Waals surface area contributed by atoms with Gasteiger partial charge >= 0.3 is 0 Å². The van der Waals surface area contributed by atoms with Crippen molar-refractivity contribution in [1.82, 2.24) is 4.98 Å². The summed E-state index contributed by atoms with van der Waals surface area (Å²) in [4.78, 5) is 6.52. The number of anilines is 1. The maximum atomic E-state index is 9.04. The number of rotatable bonds is 4. The van der Waals surface area contributed by atoms with Crippen LogP contribution in [0.4, 0.5) is 5.82 Å². The number of aromatic nitrogens is 1. The normalized spacial score (nSPS) is 14.6. The lowest BCUT2D eigenvalue weighted by molar-refractivity contribution is 0.301. The fraction of sp³-hybridized carbons (Fsp3) is 0.500. The van der Waals surface area contributed by atoms with E-state index in [1.54, 1.807) is 12.1 Å². The van der Waals surface area contributed by atoms with E-state index in [0.29, 0.717) is 18.2 Å². The average Bonchev–Trinajstić information content (AvgIpc) is 3.08. The Balaban J connectivity index is 2.29. The summed E-state index contributed by atoms with van der Waals surface area (Å²) in [6, 6.07) is 6.19. The number of aliphatic hydroxyl groups is 1. The number of nitriles is 1. The van der Waals surface area contributed by atoms with Crippen molar-refractivity contribution in [3.8, 4) is 6.07 Å². The smallest absolute Gasteiger partial charge is 0.130 e. The molecule has 0 spiro atoms. The zero-order chi connectivity index (χ0) is 11.5. The zero-order valence-corrected chi connectivity index (χ0v) is 9.35. The highest BCUT2D eigenvalue weighted by Gasteiger charge is 2.29. The molecule has 1 aromatic heterocycles. The monoisotopic (exact) mass is 217 g/mol. The van der Waals surface area contributed by atoms with Gasteiger partial charge in [0.2, 0.25) is 0 Å². The highest BCUT2D eigenvalue weighted by atomic mass is 16.3. The van der Waals surface area contributed by atoms with Gasteiger partial charge in [0.1, 0.15) is 5.82 Å². The molecule has 1 fully saturated rings. The van der Waals surface area contributed by atoms with Crippen molar-refractivity contribution in [2.75, 3.05) is 18.1 Å². The Morgan fingerprint density at radius 1 is 1.56 bits per heavy atom. The summed E-state index contributed by atoms with van der Waals surface area (Å²) in [6.07, 6.45) is 2.30. The summed E-state index contributed by atoms with van der Waals surface area (Å²) in [5, 5.41) is 17.9. The molecule has 0 atom stereocenters. The van der Waals surface area contributed by atoms with Crippen molar-refractivity contribution < 1.29 is 5.11 Å². The molecule has 1 saturated carbocycles. The van der Waals surface area contributed by atoms with Crippen LogP contribution in [-0.4, -0.2) is 29.3 Å². The van der Waals surface area contributed by atoms with Gasteiger partial charge in [0.15, 0.2) is 0 Å². The van der Waals surface area contributed by atoms with E-state index in [0.717, 1.165) is 24.4 Å². The van der Waals surface area contributed by atoms with Crippen LogP contribution in [0.3, 0.4) is 0 Å². The van der Waals surface area contributed by atoms with Gasteiger partial charge in [-0.15, -0.1) is 0 Å². The number of aryl methyl sites for hydroxylation is 1. The van der Waals surface area contributed by atoms with Gasteiger partial charge in [0, 0.05) is 18.3 Å². The maximum Gasteiger partial charge on any atom is 0.130 e. The molecule has 1 aliphatic carbocycles. The van der Waals surface area contributed by atoms with Gasteiger partial charge in [-0.3, -0.25) is 0 Å². The van der Waals surface area contributed by atoms with E-state index < -0.39 is 0 Å². The first-order valence-electron chi connectivity index (χ1n) is 5.51. The second kappa shape index (κ2) is 4.50. The molecule has 4 nitrogen and oxygen atoms in total. The number of nitrogens with zero attached hydrogens (tertiary/aromatic N) is 3. The van der Waals surface area contributed by atoms with Crippen LogP contribution in [0.5, 0.6) is 0 Å². The molecule has 0 unspecified atom stereocenters. The lowest BCUT2D eigenvalue weighted by Gasteiger charge is -2.22. The van der Waals surface area contributed by atoms with Crippen molar-refractivity contribution in [3.63, 3.8) is 0 Å². The number of hydrogen-bond acceptors (Lipinski definition) is 4. The van der Waals surface area contributed by atoms with E-state index >= 15 is 0 Å². The van der Waals surface area contributed by atoms with Crippen LogP contribution in [0, 0.1) is 18.3 Å². The van der Waals surface area contributed by atoms with Gasteiger partial charge in [0.25, 0.3) is 0 Å². The van der Waals surface area contributed by atoms with Crippen LogP contribution in [-0.2, 0) is 0 Å². The average molecular weight is 217 g/mol. The Kier molecular flexibility index (Phi) is 3.07. The third-order valence-electron chi connectivity index (χ3n) is 2.69. The molecule has 2 rings (SSSR count). The predicted molar refractivity (Wildman–Crippen MR) is 61.1 cm³/mol. The molecule has 0 aromatic carbocycles. The van der Waals surface area contributed by atoms with E-state index in [4.69, 9.17) is 10.4 Å². The van der Waals surface area contributed by atoms with E-state index in [1.807, 2.05) is 6.92 Å². The van der Waals surface area contributed by atoms with Crippen molar-refractivity contribution in [2.24, 2.45) is 0 Å². The van der Waals surface area contributed by atoms with Gasteiger partial charge < -0.3 is 10.0 Å². The zero-order valence-electron chi connectivity index (χ0n) is 9.35. The summed E-state index contributed by atoms with van der Waals surface area (Å²) in [6.45, 7) is 2.59. The minimum atomic E-state index is 0.119. The predicted octanol–water partition coefficient (Wildman–Crippen LogP) is 1.22. The highest BCUT2D eigenvalue weighted by molar-refractivity contribution is 5.48. The lowest BCUT2D eigenvalue weighted by Crippen LogP contribution is -2.29. The molecular weight excluding hydrogens is 202 g/mol. The fourth-order valence-corrected chi connectivity index (χ4v) is 1.84. The first-order chi connectivity index (χ1) is 7.74. The molecule has 0 radical (unpaired) electrons. The molecule has 0 saturated heterocycles. The van der Waals surface area contributed by atoms with Crippen molar-refractivity contribution in [3.05, 3.63) is 23.4 Å². The summed E-state index contributed by atoms with van der Waals surface area (Å²) in [5.41, 5.74) is 1.48. The Labute approximate surface area is 95.1 Å².